The number of para-hydroxylation sites is 1. The van der Waals surface area contributed by atoms with Crippen LogP contribution in [-0.2, 0) is 0 Å². The van der Waals surface area contributed by atoms with Crippen molar-refractivity contribution < 1.29 is 8.83 Å². The molecule has 2 nitrogen and oxygen atoms in total. The third-order valence-corrected chi connectivity index (χ3v) is 7.71. The van der Waals surface area contributed by atoms with Crippen LogP contribution in [0.3, 0.4) is 0 Å². The van der Waals surface area contributed by atoms with Gasteiger partial charge in [-0.2, -0.15) is 0 Å². The van der Waals surface area contributed by atoms with Gasteiger partial charge in [-0.05, 0) is 46.5 Å². The lowest BCUT2D eigenvalue weighted by Crippen LogP contribution is -1.84. The summed E-state index contributed by atoms with van der Waals surface area (Å²) in [6.07, 6.45) is 0. The molecule has 0 unspecified atom stereocenters. The minimum Gasteiger partial charge on any atom is -0.456 e. The molecule has 0 spiro atoms. The third-order valence-electron chi connectivity index (χ3n) is 7.71. The molecule has 0 atom stereocenters. The van der Waals surface area contributed by atoms with Gasteiger partial charge < -0.3 is 8.83 Å². The first-order valence-corrected chi connectivity index (χ1v) is 13.5. The summed E-state index contributed by atoms with van der Waals surface area (Å²) in [4.78, 5) is 0. The predicted octanol–water partition coefficient (Wildman–Crippen LogP) is 11.0. The van der Waals surface area contributed by atoms with E-state index in [0.29, 0.717) is 0 Å². The molecule has 2 aromatic heterocycles. The zero-order valence-electron chi connectivity index (χ0n) is 21.7. The highest BCUT2D eigenvalue weighted by atomic mass is 16.3. The minimum atomic E-state index is 0.871. The van der Waals surface area contributed by atoms with E-state index in [2.05, 4.69) is 127 Å². The van der Waals surface area contributed by atoms with E-state index in [1.807, 2.05) is 18.2 Å². The molecule has 0 amide bonds. The molecule has 8 rings (SSSR count). The van der Waals surface area contributed by atoms with Gasteiger partial charge in [0.05, 0.1) is 0 Å². The van der Waals surface area contributed by atoms with E-state index in [1.54, 1.807) is 0 Å². The lowest BCUT2D eigenvalue weighted by Gasteiger charge is -2.09. The number of furan rings is 2. The van der Waals surface area contributed by atoms with E-state index >= 15 is 0 Å². The first kappa shape index (κ1) is 22.6. The van der Waals surface area contributed by atoms with Gasteiger partial charge in [0.25, 0.3) is 0 Å². The molecule has 0 aliphatic heterocycles. The lowest BCUT2D eigenvalue weighted by molar-refractivity contribution is 0.602. The molecule has 2 heteroatoms. The standard InChI is InChI=1S/C38H24O2/c1-2-11-25(12-3-1)26-13-10-14-28(23-26)37-33-18-6-7-19-34(33)38(40-37)32-17-5-4-15-29(32)27-21-22-31-30-16-8-9-20-35(30)39-36(31)24-27/h1-24H. The van der Waals surface area contributed by atoms with Crippen LogP contribution < -0.4 is 0 Å². The fourth-order valence-corrected chi connectivity index (χ4v) is 5.80. The van der Waals surface area contributed by atoms with Crippen molar-refractivity contribution in [2.75, 3.05) is 0 Å². The quantitative estimate of drug-likeness (QED) is 0.234. The molecule has 40 heavy (non-hydrogen) atoms. The second-order valence-corrected chi connectivity index (χ2v) is 10.1. The van der Waals surface area contributed by atoms with Gasteiger partial charge >= 0.3 is 0 Å². The summed E-state index contributed by atoms with van der Waals surface area (Å²) in [5.74, 6) is 1.75. The van der Waals surface area contributed by atoms with Crippen molar-refractivity contribution in [2.24, 2.45) is 0 Å². The summed E-state index contributed by atoms with van der Waals surface area (Å²) >= 11 is 0. The maximum Gasteiger partial charge on any atom is 0.143 e. The van der Waals surface area contributed by atoms with Gasteiger partial charge in [0.1, 0.15) is 22.7 Å². The second kappa shape index (κ2) is 9.14. The number of rotatable bonds is 4. The Labute approximate surface area is 231 Å². The first-order chi connectivity index (χ1) is 19.8. The largest absolute Gasteiger partial charge is 0.456 e. The van der Waals surface area contributed by atoms with Gasteiger partial charge in [0, 0.05) is 32.7 Å². The van der Waals surface area contributed by atoms with E-state index in [-0.39, 0.29) is 0 Å². The minimum absolute atomic E-state index is 0.871. The normalized spacial score (nSPS) is 11.5. The van der Waals surface area contributed by atoms with Gasteiger partial charge in [-0.3, -0.25) is 0 Å². The van der Waals surface area contributed by atoms with Crippen molar-refractivity contribution in [3.8, 4) is 44.9 Å². The van der Waals surface area contributed by atoms with E-state index in [4.69, 9.17) is 8.83 Å². The summed E-state index contributed by atoms with van der Waals surface area (Å²) in [7, 11) is 0. The van der Waals surface area contributed by atoms with Crippen LogP contribution in [0, 0.1) is 0 Å². The fourth-order valence-electron chi connectivity index (χ4n) is 5.80. The lowest BCUT2D eigenvalue weighted by atomic mass is 9.95. The molecule has 2 heterocycles. The Morgan fingerprint density at radius 2 is 0.925 bits per heavy atom. The SMILES string of the molecule is c1ccc(-c2cccc(-c3oc(-c4ccccc4-c4ccc5c(c4)oc4ccccc45)c4ccccc34)c2)cc1. The molecule has 0 aliphatic rings. The molecule has 8 aromatic rings. The van der Waals surface area contributed by atoms with Crippen LogP contribution in [0.25, 0.3) is 77.6 Å². The van der Waals surface area contributed by atoms with E-state index < -0.39 is 0 Å². The Morgan fingerprint density at radius 1 is 0.300 bits per heavy atom. The maximum atomic E-state index is 6.80. The Balaban J connectivity index is 1.30. The van der Waals surface area contributed by atoms with Crippen LogP contribution in [0.5, 0.6) is 0 Å². The van der Waals surface area contributed by atoms with Crippen molar-refractivity contribution in [2.45, 2.75) is 0 Å². The van der Waals surface area contributed by atoms with Crippen LogP contribution in [0.15, 0.2) is 154 Å². The monoisotopic (exact) mass is 512 g/mol. The van der Waals surface area contributed by atoms with Crippen LogP contribution in [0.2, 0.25) is 0 Å². The molecule has 0 aliphatic carbocycles. The molecule has 0 N–H and O–H groups in total. The van der Waals surface area contributed by atoms with Gasteiger partial charge in [-0.1, -0.05) is 121 Å². The highest BCUT2D eigenvalue weighted by molar-refractivity contribution is 6.08. The van der Waals surface area contributed by atoms with Gasteiger partial charge in [0.2, 0.25) is 0 Å². The fraction of sp³-hybridized carbons (Fsp3) is 0. The summed E-state index contributed by atoms with van der Waals surface area (Å²) in [5.41, 5.74) is 8.46. The number of hydrogen-bond acceptors (Lipinski definition) is 2. The molecule has 0 saturated carbocycles. The molecule has 0 saturated heterocycles. The van der Waals surface area contributed by atoms with Crippen LogP contribution in [0.4, 0.5) is 0 Å². The zero-order chi connectivity index (χ0) is 26.5. The first-order valence-electron chi connectivity index (χ1n) is 13.5. The molecule has 0 fully saturated rings. The summed E-state index contributed by atoms with van der Waals surface area (Å²) in [6, 6.07) is 50.6. The zero-order valence-corrected chi connectivity index (χ0v) is 21.7. The number of fused-ring (bicyclic) bond motifs is 4. The van der Waals surface area contributed by atoms with Gasteiger partial charge in [-0.15, -0.1) is 0 Å². The Kier molecular flexibility index (Phi) is 5.17. The highest BCUT2D eigenvalue weighted by Gasteiger charge is 2.19. The molecule has 188 valence electrons. The van der Waals surface area contributed by atoms with Crippen LogP contribution in [-0.4, -0.2) is 0 Å². The average Bonchev–Trinajstić information content (AvgIpc) is 3.60. The summed E-state index contributed by atoms with van der Waals surface area (Å²) in [5, 5.41) is 4.46. The highest BCUT2D eigenvalue weighted by Crippen LogP contribution is 2.43. The Hall–Kier alpha value is -5.34. The molecular weight excluding hydrogens is 488 g/mol. The van der Waals surface area contributed by atoms with E-state index in [1.165, 1.54) is 11.1 Å². The predicted molar refractivity (Wildman–Crippen MR) is 165 cm³/mol. The molecule has 0 bridgehead atoms. The van der Waals surface area contributed by atoms with Crippen LogP contribution in [0.1, 0.15) is 0 Å². The van der Waals surface area contributed by atoms with Crippen molar-refractivity contribution in [3.63, 3.8) is 0 Å². The second-order valence-electron chi connectivity index (χ2n) is 10.1. The van der Waals surface area contributed by atoms with E-state index in [9.17, 15) is 0 Å². The smallest absolute Gasteiger partial charge is 0.143 e. The van der Waals surface area contributed by atoms with Gasteiger partial charge in [-0.25, -0.2) is 0 Å². The molecular formula is C38H24O2. The number of benzene rings is 6. The van der Waals surface area contributed by atoms with Gasteiger partial charge in [0.15, 0.2) is 0 Å². The molecule has 0 radical (unpaired) electrons. The third kappa shape index (κ3) is 3.65. The van der Waals surface area contributed by atoms with Crippen molar-refractivity contribution >= 4 is 32.7 Å². The topological polar surface area (TPSA) is 26.3 Å². The molecule has 6 aromatic carbocycles. The van der Waals surface area contributed by atoms with Crippen LogP contribution >= 0.6 is 0 Å². The Morgan fingerprint density at radius 3 is 1.77 bits per heavy atom. The van der Waals surface area contributed by atoms with Crippen molar-refractivity contribution in [1.82, 2.24) is 0 Å². The van der Waals surface area contributed by atoms with Crippen molar-refractivity contribution in [1.29, 1.82) is 0 Å². The average molecular weight is 513 g/mol. The summed E-state index contributed by atoms with van der Waals surface area (Å²) in [6.45, 7) is 0. The summed E-state index contributed by atoms with van der Waals surface area (Å²) < 4.78 is 13.0. The Bertz CT molecular complexity index is 2160. The van der Waals surface area contributed by atoms with Crippen molar-refractivity contribution in [3.05, 3.63) is 146 Å². The maximum absolute atomic E-state index is 6.80. The number of hydrogen-bond donors (Lipinski definition) is 0. The van der Waals surface area contributed by atoms with E-state index in [0.717, 1.165) is 66.5 Å².